The third-order valence-corrected chi connectivity index (χ3v) is 8.95. The van der Waals surface area contributed by atoms with E-state index in [4.69, 9.17) is 4.43 Å². The maximum Gasteiger partial charge on any atom is 0.251 e. The fourth-order valence-electron chi connectivity index (χ4n) is 2.68. The van der Waals surface area contributed by atoms with Crippen LogP contribution in [0.5, 0.6) is 0 Å². The molecule has 1 aliphatic heterocycles. The van der Waals surface area contributed by atoms with Crippen molar-refractivity contribution in [2.24, 2.45) is 0 Å². The maximum atomic E-state index is 11.8. The van der Waals surface area contributed by atoms with Gasteiger partial charge in [-0.15, -0.1) is 0 Å². The molecule has 1 saturated heterocycles. The molecule has 1 N–H and O–H groups in total. The van der Waals surface area contributed by atoms with E-state index < -0.39 is 8.32 Å². The third kappa shape index (κ3) is 2.74. The van der Waals surface area contributed by atoms with Gasteiger partial charge in [-0.3, -0.25) is 4.79 Å². The quantitative estimate of drug-likeness (QED) is 0.640. The molecule has 1 amide bonds. The Balaban J connectivity index is 2.12. The molecule has 1 aromatic carbocycles. The Morgan fingerprint density at radius 1 is 1.11 bits per heavy atom. The van der Waals surface area contributed by atoms with Gasteiger partial charge in [0.25, 0.3) is 5.91 Å². The Kier molecular flexibility index (Phi) is 4.42. The summed E-state index contributed by atoms with van der Waals surface area (Å²) in [7, 11) is -1.73. The summed E-state index contributed by atoms with van der Waals surface area (Å²) in [6, 6.07) is 13.3. The van der Waals surface area contributed by atoms with E-state index in [1.165, 1.54) is 0 Å². The lowest BCUT2D eigenvalue weighted by Gasteiger charge is -2.42. The van der Waals surface area contributed by atoms with Gasteiger partial charge in [-0.25, -0.2) is 0 Å². The number of hydrogen-bond donors (Lipinski definition) is 1. The first-order valence-electron chi connectivity index (χ1n) is 7.19. The van der Waals surface area contributed by atoms with Crippen molar-refractivity contribution in [1.82, 2.24) is 5.32 Å². The summed E-state index contributed by atoms with van der Waals surface area (Å²) in [5.41, 5.74) is 1.14. The number of nitrogens with one attached hydrogen (secondary N) is 1. The van der Waals surface area contributed by atoms with Gasteiger partial charge >= 0.3 is 0 Å². The first-order valence-corrected chi connectivity index (χ1v) is 9.72. The van der Waals surface area contributed by atoms with Crippen LogP contribution in [0.3, 0.4) is 0 Å². The molecule has 0 spiro atoms. The van der Waals surface area contributed by atoms with Crippen LogP contribution in [0.2, 0.25) is 18.1 Å². The Morgan fingerprint density at radius 3 is 2.16 bits per heavy atom. The Labute approximate surface area is 116 Å². The van der Waals surface area contributed by atoms with Crippen molar-refractivity contribution in [3.8, 4) is 0 Å². The van der Waals surface area contributed by atoms with Crippen LogP contribution in [0.25, 0.3) is 0 Å². The number of carbonyl (C=O) groups is 1. The van der Waals surface area contributed by atoms with Crippen molar-refractivity contribution in [1.29, 1.82) is 0 Å². The molecule has 0 bridgehead atoms. The van der Waals surface area contributed by atoms with Gasteiger partial charge in [0, 0.05) is 0 Å². The number of carbonyl (C=O) groups excluding carboxylic acids is 1. The lowest BCUT2D eigenvalue weighted by atomic mass is 9.94. The second kappa shape index (κ2) is 5.88. The van der Waals surface area contributed by atoms with Crippen LogP contribution in [0.4, 0.5) is 0 Å². The van der Waals surface area contributed by atoms with Crippen molar-refractivity contribution in [2.45, 2.75) is 51.0 Å². The second-order valence-corrected chi connectivity index (χ2v) is 9.90. The summed E-state index contributed by atoms with van der Waals surface area (Å²) in [6.07, 6.45) is -0.283. The standard InChI is InChI=1S/C15H23NO2Si/c1-4-19(5-2,6-3)18-14-13(16-15(14)17)12-10-8-7-9-11-12/h7-11,13-14H,4-6H2,1-3H3,(H,16,17)/t13-,14+/m1/s1. The van der Waals surface area contributed by atoms with E-state index in [0.717, 1.165) is 23.7 Å². The van der Waals surface area contributed by atoms with Crippen molar-refractivity contribution in [3.05, 3.63) is 35.9 Å². The summed E-state index contributed by atoms with van der Waals surface area (Å²) >= 11 is 0. The normalized spacial score (nSPS) is 22.8. The van der Waals surface area contributed by atoms with E-state index in [9.17, 15) is 4.79 Å². The van der Waals surface area contributed by atoms with Crippen LogP contribution in [0.1, 0.15) is 32.4 Å². The SMILES string of the molecule is CC[Si](CC)(CC)O[C@@H]1C(=O)N[C@@H]1c1ccccc1. The van der Waals surface area contributed by atoms with E-state index >= 15 is 0 Å². The molecule has 0 radical (unpaired) electrons. The van der Waals surface area contributed by atoms with Crippen LogP contribution in [-0.2, 0) is 9.22 Å². The Hall–Kier alpha value is -1.13. The summed E-state index contributed by atoms with van der Waals surface area (Å²) in [4.78, 5) is 11.8. The number of hydrogen-bond acceptors (Lipinski definition) is 2. The largest absolute Gasteiger partial charge is 0.403 e. The van der Waals surface area contributed by atoms with Gasteiger partial charge in [0.1, 0.15) is 6.10 Å². The molecule has 19 heavy (non-hydrogen) atoms. The molecule has 2 atom stereocenters. The number of β-lactam (4-membered cyclic amide) rings is 1. The zero-order valence-electron chi connectivity index (χ0n) is 12.0. The van der Waals surface area contributed by atoms with E-state index in [0.29, 0.717) is 0 Å². The van der Waals surface area contributed by atoms with E-state index in [1.54, 1.807) is 0 Å². The van der Waals surface area contributed by atoms with Crippen LogP contribution in [0, 0.1) is 0 Å². The molecule has 4 heteroatoms. The van der Waals surface area contributed by atoms with E-state index in [-0.39, 0.29) is 18.1 Å². The summed E-state index contributed by atoms with van der Waals surface area (Å²) < 4.78 is 6.33. The minimum Gasteiger partial charge on any atom is -0.403 e. The van der Waals surface area contributed by atoms with E-state index in [2.05, 4.69) is 26.1 Å². The third-order valence-electron chi connectivity index (χ3n) is 4.33. The van der Waals surface area contributed by atoms with Crippen molar-refractivity contribution < 1.29 is 9.22 Å². The van der Waals surface area contributed by atoms with Gasteiger partial charge in [-0.1, -0.05) is 51.1 Å². The molecule has 2 rings (SSSR count). The van der Waals surface area contributed by atoms with E-state index in [1.807, 2.05) is 30.3 Å². The predicted molar refractivity (Wildman–Crippen MR) is 79.4 cm³/mol. The fraction of sp³-hybridized carbons (Fsp3) is 0.533. The predicted octanol–water partition coefficient (Wildman–Crippen LogP) is 3.25. The molecule has 1 aromatic rings. The zero-order chi connectivity index (χ0) is 13.9. The summed E-state index contributed by atoms with van der Waals surface area (Å²) in [6.45, 7) is 6.56. The van der Waals surface area contributed by atoms with Gasteiger partial charge in [0.2, 0.25) is 0 Å². The molecule has 1 heterocycles. The molecule has 0 unspecified atom stereocenters. The smallest absolute Gasteiger partial charge is 0.251 e. The van der Waals surface area contributed by atoms with Crippen molar-refractivity contribution in [3.63, 3.8) is 0 Å². The average molecular weight is 277 g/mol. The average Bonchev–Trinajstić information content (AvgIpc) is 2.47. The Bertz CT molecular complexity index is 423. The number of amides is 1. The monoisotopic (exact) mass is 277 g/mol. The van der Waals surface area contributed by atoms with Crippen molar-refractivity contribution >= 4 is 14.2 Å². The van der Waals surface area contributed by atoms with Crippen LogP contribution in [0.15, 0.2) is 30.3 Å². The molecular formula is C15H23NO2Si. The Morgan fingerprint density at radius 2 is 1.68 bits per heavy atom. The molecular weight excluding hydrogens is 254 g/mol. The lowest BCUT2D eigenvalue weighted by Crippen LogP contribution is -2.60. The maximum absolute atomic E-state index is 11.8. The van der Waals surface area contributed by atoms with Gasteiger partial charge < -0.3 is 9.74 Å². The van der Waals surface area contributed by atoms with Crippen LogP contribution >= 0.6 is 0 Å². The molecule has 0 aromatic heterocycles. The lowest BCUT2D eigenvalue weighted by molar-refractivity contribution is -0.141. The second-order valence-electron chi connectivity index (χ2n) is 5.18. The highest BCUT2D eigenvalue weighted by atomic mass is 28.4. The topological polar surface area (TPSA) is 38.3 Å². The van der Waals surface area contributed by atoms with Gasteiger partial charge in [0.15, 0.2) is 8.32 Å². The van der Waals surface area contributed by atoms with Gasteiger partial charge in [-0.2, -0.15) is 0 Å². The molecule has 1 fully saturated rings. The summed E-state index contributed by atoms with van der Waals surface area (Å²) in [5.74, 6) is 0.0427. The zero-order valence-corrected chi connectivity index (χ0v) is 13.0. The van der Waals surface area contributed by atoms with Gasteiger partial charge in [-0.05, 0) is 23.7 Å². The minimum absolute atomic E-state index is 0.0326. The highest BCUT2D eigenvalue weighted by Crippen LogP contribution is 2.33. The number of benzene rings is 1. The highest BCUT2D eigenvalue weighted by molar-refractivity contribution is 6.73. The van der Waals surface area contributed by atoms with Crippen molar-refractivity contribution in [2.75, 3.05) is 0 Å². The molecule has 3 nitrogen and oxygen atoms in total. The minimum atomic E-state index is -1.73. The first-order chi connectivity index (χ1) is 9.15. The summed E-state index contributed by atoms with van der Waals surface area (Å²) in [5, 5.41) is 2.96. The van der Waals surface area contributed by atoms with Gasteiger partial charge in [0.05, 0.1) is 6.04 Å². The molecule has 104 valence electrons. The number of rotatable bonds is 6. The molecule has 0 saturated carbocycles. The highest BCUT2D eigenvalue weighted by Gasteiger charge is 2.45. The van der Waals surface area contributed by atoms with Crippen LogP contribution < -0.4 is 5.32 Å². The molecule has 0 aliphatic carbocycles. The molecule has 1 aliphatic rings. The van der Waals surface area contributed by atoms with Crippen LogP contribution in [-0.4, -0.2) is 20.3 Å². The first kappa shape index (κ1) is 14.3. The fourth-order valence-corrected chi connectivity index (χ4v) is 5.46.